The van der Waals surface area contributed by atoms with Crippen LogP contribution in [0.5, 0.6) is 0 Å². The van der Waals surface area contributed by atoms with Crippen molar-refractivity contribution in [1.82, 2.24) is 5.32 Å². The quantitative estimate of drug-likeness (QED) is 0.736. The first kappa shape index (κ1) is 17.7. The molecule has 0 aliphatic carbocycles. The van der Waals surface area contributed by atoms with Gasteiger partial charge in [0.1, 0.15) is 5.82 Å². The summed E-state index contributed by atoms with van der Waals surface area (Å²) in [5, 5.41) is 12.8. The average Bonchev–Trinajstić information content (AvgIpc) is 2.73. The van der Waals surface area contributed by atoms with Crippen LogP contribution in [0, 0.1) is 5.82 Å². The summed E-state index contributed by atoms with van der Waals surface area (Å²) in [6, 6.07) is 3.68. The van der Waals surface area contributed by atoms with Crippen LogP contribution < -0.4 is 5.32 Å². The predicted molar refractivity (Wildman–Crippen MR) is 85.7 cm³/mol. The molecule has 0 saturated heterocycles. The van der Waals surface area contributed by atoms with Crippen LogP contribution in [-0.2, 0) is 19.9 Å². The summed E-state index contributed by atoms with van der Waals surface area (Å²) in [5.41, 5.74) is -1.32. The molecule has 0 fully saturated rings. The molecule has 1 atom stereocenters. The maximum atomic E-state index is 13.3. The van der Waals surface area contributed by atoms with E-state index in [2.05, 4.69) is 21.2 Å². The van der Waals surface area contributed by atoms with Gasteiger partial charge in [0.05, 0.1) is 5.02 Å². The summed E-state index contributed by atoms with van der Waals surface area (Å²) in [7, 11) is 0. The number of amides is 1. The van der Waals surface area contributed by atoms with Crippen LogP contribution in [0.25, 0.3) is 0 Å². The lowest BCUT2D eigenvalue weighted by atomic mass is 9.91. The Labute approximate surface area is 145 Å². The Kier molecular flexibility index (Phi) is 5.31. The monoisotopic (exact) mass is 405 g/mol. The van der Waals surface area contributed by atoms with Crippen molar-refractivity contribution in [3.8, 4) is 0 Å². The number of halogens is 3. The molecule has 1 aromatic carbocycles. The van der Waals surface area contributed by atoms with Crippen molar-refractivity contribution in [1.29, 1.82) is 0 Å². The van der Waals surface area contributed by atoms with Gasteiger partial charge in [-0.2, -0.15) is 0 Å². The van der Waals surface area contributed by atoms with Gasteiger partial charge in [-0.25, -0.2) is 4.39 Å². The number of nitrogens with one attached hydrogen (secondary N) is 1. The van der Waals surface area contributed by atoms with Crippen LogP contribution in [0.1, 0.15) is 25.3 Å². The highest BCUT2D eigenvalue weighted by molar-refractivity contribution is 9.09. The van der Waals surface area contributed by atoms with E-state index in [-0.39, 0.29) is 28.8 Å². The first-order valence-electron chi connectivity index (χ1n) is 6.78. The molecule has 0 radical (unpaired) electrons. The van der Waals surface area contributed by atoms with E-state index in [1.807, 2.05) is 0 Å². The van der Waals surface area contributed by atoms with Gasteiger partial charge in [0, 0.05) is 17.3 Å². The van der Waals surface area contributed by atoms with Gasteiger partial charge in [0.2, 0.25) is 17.5 Å². The molecule has 0 spiro atoms. The van der Waals surface area contributed by atoms with Gasteiger partial charge in [0.15, 0.2) is 5.60 Å². The van der Waals surface area contributed by atoms with Gasteiger partial charge in [-0.1, -0.05) is 33.6 Å². The normalized spacial score (nSPS) is 20.6. The third-order valence-corrected chi connectivity index (χ3v) is 4.28. The molecule has 1 unspecified atom stereocenters. The average molecular weight is 407 g/mol. The second-order valence-electron chi connectivity index (χ2n) is 5.11. The lowest BCUT2D eigenvalue weighted by molar-refractivity contribution is -0.133. The van der Waals surface area contributed by atoms with Crippen molar-refractivity contribution in [2.24, 2.45) is 0 Å². The molecule has 1 aromatic rings. The highest BCUT2D eigenvalue weighted by atomic mass is 79.9. The van der Waals surface area contributed by atoms with Gasteiger partial charge in [0.25, 0.3) is 5.78 Å². The third kappa shape index (κ3) is 3.50. The highest BCUT2D eigenvalue weighted by Gasteiger charge is 2.48. The summed E-state index contributed by atoms with van der Waals surface area (Å²) in [6.07, 6.45) is 0.803. The van der Waals surface area contributed by atoms with Gasteiger partial charge in [-0.15, -0.1) is 0 Å². The van der Waals surface area contributed by atoms with E-state index < -0.39 is 23.0 Å². The Bertz CT molecular complexity index is 694. The summed E-state index contributed by atoms with van der Waals surface area (Å²) in [6.45, 7) is 1.41. The summed E-state index contributed by atoms with van der Waals surface area (Å²) >= 11 is 8.93. The maximum absolute atomic E-state index is 13.3. The minimum atomic E-state index is -1.58. The molecule has 1 amide bonds. The van der Waals surface area contributed by atoms with Crippen molar-refractivity contribution in [2.45, 2.75) is 25.4 Å². The Hall–Kier alpha value is -1.60. The van der Waals surface area contributed by atoms with E-state index in [0.717, 1.165) is 6.07 Å². The fourth-order valence-electron chi connectivity index (χ4n) is 2.11. The first-order valence-corrected chi connectivity index (χ1v) is 8.28. The van der Waals surface area contributed by atoms with Crippen LogP contribution in [0.2, 0.25) is 5.02 Å². The number of aliphatic hydroxyl groups is 1. The van der Waals surface area contributed by atoms with E-state index >= 15 is 0 Å². The molecule has 0 saturated carbocycles. The Balaban J connectivity index is 2.23. The number of ketones is 1. The van der Waals surface area contributed by atoms with Gasteiger partial charge in [-0.05, 0) is 25.5 Å². The fourth-order valence-corrected chi connectivity index (χ4v) is 2.57. The van der Waals surface area contributed by atoms with Crippen molar-refractivity contribution in [3.05, 3.63) is 46.2 Å². The largest absolute Gasteiger partial charge is 0.501 e. The second kappa shape index (κ2) is 6.88. The lowest BCUT2D eigenvalue weighted by Gasteiger charge is -2.23. The van der Waals surface area contributed by atoms with Crippen LogP contribution in [0.4, 0.5) is 4.39 Å². The number of carbonyl (C=O) groups is 2. The summed E-state index contributed by atoms with van der Waals surface area (Å²) in [4.78, 5) is 24.0. The van der Waals surface area contributed by atoms with E-state index in [9.17, 15) is 19.1 Å². The molecule has 5 nitrogen and oxygen atoms in total. The molecule has 1 heterocycles. The Morgan fingerprint density at radius 1 is 1.52 bits per heavy atom. The first-order chi connectivity index (χ1) is 10.8. The molecule has 124 valence electrons. The number of carbonyl (C=O) groups excluding carboxylic acids is 2. The van der Waals surface area contributed by atoms with Crippen molar-refractivity contribution in [2.75, 3.05) is 5.33 Å². The van der Waals surface area contributed by atoms with Crippen molar-refractivity contribution in [3.63, 3.8) is 0 Å². The Morgan fingerprint density at radius 2 is 2.22 bits per heavy atom. The second-order valence-corrected chi connectivity index (χ2v) is 6.31. The summed E-state index contributed by atoms with van der Waals surface area (Å²) < 4.78 is 18.7. The zero-order chi connectivity index (χ0) is 17.2. The van der Waals surface area contributed by atoms with Gasteiger partial charge >= 0.3 is 0 Å². The Morgan fingerprint density at radius 3 is 2.83 bits per heavy atom. The molecular formula is C15H14BrClFNO4. The maximum Gasteiger partial charge on any atom is 0.250 e. The molecule has 1 aliphatic heterocycles. The van der Waals surface area contributed by atoms with Crippen LogP contribution in [0.15, 0.2) is 29.8 Å². The number of hydrogen-bond acceptors (Lipinski definition) is 4. The zero-order valence-electron chi connectivity index (χ0n) is 12.2. The smallest absolute Gasteiger partial charge is 0.250 e. The number of ether oxygens (including phenoxy) is 1. The molecule has 1 aliphatic rings. The number of rotatable bonds is 5. The van der Waals surface area contributed by atoms with E-state index in [1.165, 1.54) is 19.1 Å². The highest BCUT2D eigenvalue weighted by Crippen LogP contribution is 2.38. The number of hydrogen-bond donors (Lipinski definition) is 2. The van der Waals surface area contributed by atoms with Crippen molar-refractivity contribution < 1.29 is 23.8 Å². The van der Waals surface area contributed by atoms with Gasteiger partial charge in [-0.3, -0.25) is 14.9 Å². The number of benzene rings is 1. The van der Waals surface area contributed by atoms with E-state index in [1.54, 1.807) is 0 Å². The predicted octanol–water partition coefficient (Wildman–Crippen LogP) is 3.31. The van der Waals surface area contributed by atoms with Crippen LogP contribution >= 0.6 is 27.5 Å². The summed E-state index contributed by atoms with van der Waals surface area (Å²) in [5.74, 6) is -2.75. The zero-order valence-corrected chi connectivity index (χ0v) is 14.5. The van der Waals surface area contributed by atoms with Crippen molar-refractivity contribution >= 4 is 39.2 Å². The lowest BCUT2D eigenvalue weighted by Crippen LogP contribution is -2.32. The topological polar surface area (TPSA) is 75.6 Å². The number of aliphatic hydroxyl groups excluding tert-OH is 1. The molecule has 2 N–H and O–H groups in total. The third-order valence-electron chi connectivity index (χ3n) is 3.43. The molecule has 0 aromatic heterocycles. The molecule has 23 heavy (non-hydrogen) atoms. The number of alkyl halides is 1. The van der Waals surface area contributed by atoms with Crippen LogP contribution in [0.3, 0.4) is 0 Å². The minimum Gasteiger partial charge on any atom is -0.501 e. The number of Topliss-reactive ketones (excluding diaryl/α,β-unsaturated/α-hetero) is 1. The van der Waals surface area contributed by atoms with E-state index in [0.29, 0.717) is 11.8 Å². The fraction of sp³-hybridized carbons (Fsp3) is 0.333. The van der Waals surface area contributed by atoms with Gasteiger partial charge < -0.3 is 9.84 Å². The standard InChI is InChI=1S/C15H14BrClFNO4/c1-15(8-4-5-10(18)9(17)7-8)13(22)12(21)14(23-15)19-11(20)3-2-6-16/h4-5,7,21H,2-3,6H2,1H3,(H,19,20). The molecule has 2 rings (SSSR count). The van der Waals surface area contributed by atoms with Crippen LogP contribution in [-0.4, -0.2) is 22.1 Å². The van der Waals surface area contributed by atoms with E-state index in [4.69, 9.17) is 16.3 Å². The minimum absolute atomic E-state index is 0.172. The molecule has 0 bridgehead atoms. The molecule has 8 heteroatoms. The molecular weight excluding hydrogens is 393 g/mol. The SMILES string of the molecule is CC1(c2ccc(F)c(Cl)c2)OC(NC(=O)CCCBr)=C(O)C1=O.